The average molecular weight is 632 g/mol. The van der Waals surface area contributed by atoms with Crippen LogP contribution < -0.4 is 5.32 Å². The van der Waals surface area contributed by atoms with Crippen LogP contribution in [0.2, 0.25) is 0 Å². The molecule has 0 rings (SSSR count). The molecule has 7 nitrogen and oxygen atoms in total. The summed E-state index contributed by atoms with van der Waals surface area (Å²) in [5.74, 6) is -1.46. The largest absolute Gasteiger partial charge is 0.391 e. The summed E-state index contributed by atoms with van der Waals surface area (Å²) in [4.78, 5) is 12.5. The van der Waals surface area contributed by atoms with E-state index in [0.29, 0.717) is 19.3 Å². The van der Waals surface area contributed by atoms with E-state index >= 15 is 0 Å². The lowest BCUT2D eigenvalue weighted by Gasteiger charge is -2.24. The number of rotatable bonds is 32. The Hall–Kier alpha value is -0.960. The van der Waals surface area contributed by atoms with Crippen LogP contribution in [-0.2, 0) is 14.9 Å². The molecule has 256 valence electrons. The third-order valence-electron chi connectivity index (χ3n) is 8.33. The number of carbonyl (C=O) groups is 1. The van der Waals surface area contributed by atoms with Gasteiger partial charge in [0.05, 0.1) is 17.9 Å². The maximum absolute atomic E-state index is 12.5. The molecule has 0 aromatic heterocycles. The molecule has 0 bridgehead atoms. The van der Waals surface area contributed by atoms with Crippen molar-refractivity contribution in [2.45, 2.75) is 199 Å². The monoisotopic (exact) mass is 631 g/mol. The Bertz CT molecular complexity index is 757. The second kappa shape index (κ2) is 29.7. The molecule has 0 saturated heterocycles. The Kier molecular flexibility index (Phi) is 29.1. The van der Waals surface area contributed by atoms with E-state index in [1.54, 1.807) is 0 Å². The Balaban J connectivity index is 4.07. The van der Waals surface area contributed by atoms with Crippen molar-refractivity contribution < 1.29 is 28.0 Å². The highest BCUT2D eigenvalue weighted by atomic mass is 32.2. The summed E-state index contributed by atoms with van der Waals surface area (Å²) in [6.45, 7) is 4.45. The summed E-state index contributed by atoms with van der Waals surface area (Å²) in [5, 5.41) is 23.4. The van der Waals surface area contributed by atoms with E-state index in [1.807, 2.05) is 0 Å². The molecular weight excluding hydrogens is 562 g/mol. The van der Waals surface area contributed by atoms with E-state index in [2.05, 4.69) is 31.3 Å². The molecule has 0 saturated carbocycles. The third-order valence-corrected chi connectivity index (χ3v) is 9.11. The van der Waals surface area contributed by atoms with Crippen LogP contribution in [0.4, 0.5) is 0 Å². The summed E-state index contributed by atoms with van der Waals surface area (Å²) in [6.07, 6.45) is 30.9. The van der Waals surface area contributed by atoms with Gasteiger partial charge in [0.15, 0.2) is 0 Å². The molecule has 0 aliphatic rings. The summed E-state index contributed by atoms with van der Waals surface area (Å²) in [6, 6.07) is -1.15. The molecule has 3 unspecified atom stereocenters. The van der Waals surface area contributed by atoms with Crippen molar-refractivity contribution in [2.24, 2.45) is 0 Å². The van der Waals surface area contributed by atoms with Gasteiger partial charge in [0, 0.05) is 0 Å². The number of hydrogen-bond donors (Lipinski definition) is 4. The number of carbonyl (C=O) groups excluding carboxylic acids is 1. The van der Waals surface area contributed by atoms with Crippen LogP contribution >= 0.6 is 0 Å². The molecular formula is C35H69NO6S. The number of nitrogens with one attached hydrogen (secondary N) is 1. The number of amides is 1. The highest BCUT2D eigenvalue weighted by molar-refractivity contribution is 7.85. The number of aliphatic hydroxyl groups is 2. The van der Waals surface area contributed by atoms with E-state index < -0.39 is 40.0 Å². The van der Waals surface area contributed by atoms with E-state index in [9.17, 15) is 28.0 Å². The first kappa shape index (κ1) is 42.0. The summed E-state index contributed by atoms with van der Waals surface area (Å²) < 4.78 is 32.4. The molecule has 0 aromatic carbocycles. The van der Waals surface area contributed by atoms with E-state index in [4.69, 9.17) is 0 Å². The van der Waals surface area contributed by atoms with Gasteiger partial charge < -0.3 is 15.5 Å². The minimum absolute atomic E-state index is 0.284. The lowest BCUT2D eigenvalue weighted by atomic mass is 10.0. The van der Waals surface area contributed by atoms with Gasteiger partial charge in [0.25, 0.3) is 10.1 Å². The van der Waals surface area contributed by atoms with E-state index in [0.717, 1.165) is 51.4 Å². The van der Waals surface area contributed by atoms with Crippen molar-refractivity contribution >= 4 is 16.0 Å². The number of allylic oxidation sites excluding steroid dienone is 2. The molecule has 0 fully saturated rings. The fourth-order valence-corrected chi connectivity index (χ4v) is 6.27. The Labute approximate surface area is 265 Å². The second-order valence-electron chi connectivity index (χ2n) is 12.6. The topological polar surface area (TPSA) is 124 Å². The van der Waals surface area contributed by atoms with Crippen LogP contribution in [0, 0.1) is 0 Å². The first-order valence-corrected chi connectivity index (χ1v) is 19.6. The van der Waals surface area contributed by atoms with E-state index in [1.165, 1.54) is 89.9 Å². The smallest absolute Gasteiger partial charge is 0.266 e. The van der Waals surface area contributed by atoms with Gasteiger partial charge in [-0.15, -0.1) is 0 Å². The van der Waals surface area contributed by atoms with Gasteiger partial charge >= 0.3 is 0 Å². The van der Waals surface area contributed by atoms with Crippen LogP contribution in [0.15, 0.2) is 12.2 Å². The molecule has 0 radical (unpaired) electrons. The van der Waals surface area contributed by atoms with Crippen LogP contribution in [0.25, 0.3) is 0 Å². The maximum atomic E-state index is 12.5. The Morgan fingerprint density at radius 2 is 0.977 bits per heavy atom. The first-order valence-electron chi connectivity index (χ1n) is 18.0. The van der Waals surface area contributed by atoms with Crippen molar-refractivity contribution in [3.63, 3.8) is 0 Å². The van der Waals surface area contributed by atoms with Gasteiger partial charge in [0.2, 0.25) is 5.91 Å². The van der Waals surface area contributed by atoms with Crippen LogP contribution in [0.1, 0.15) is 181 Å². The Morgan fingerprint density at radius 1 is 0.605 bits per heavy atom. The fraction of sp³-hybridized carbons (Fsp3) is 0.914. The van der Waals surface area contributed by atoms with Gasteiger partial charge in [-0.1, -0.05) is 154 Å². The number of hydrogen-bond acceptors (Lipinski definition) is 5. The zero-order chi connectivity index (χ0) is 32.0. The van der Waals surface area contributed by atoms with Gasteiger partial charge in [-0.2, -0.15) is 8.42 Å². The molecule has 43 heavy (non-hydrogen) atoms. The SMILES string of the molecule is CCCCC/C=C\CCCCCCC(O)C(=O)NC(CS(=O)(=O)O)C(O)CCCCCCCCCCCCCCCCC. The minimum Gasteiger partial charge on any atom is -0.391 e. The van der Waals surface area contributed by atoms with Crippen molar-refractivity contribution in [3.8, 4) is 0 Å². The lowest BCUT2D eigenvalue weighted by molar-refractivity contribution is -0.131. The van der Waals surface area contributed by atoms with Gasteiger partial charge in [-0.25, -0.2) is 0 Å². The highest BCUT2D eigenvalue weighted by Crippen LogP contribution is 2.16. The summed E-state index contributed by atoms with van der Waals surface area (Å²) in [5.41, 5.74) is 0. The molecule has 0 spiro atoms. The first-order chi connectivity index (χ1) is 20.7. The summed E-state index contributed by atoms with van der Waals surface area (Å²) >= 11 is 0. The molecule has 0 heterocycles. The Morgan fingerprint density at radius 3 is 1.44 bits per heavy atom. The number of unbranched alkanes of at least 4 members (excludes halogenated alkanes) is 21. The van der Waals surface area contributed by atoms with E-state index in [-0.39, 0.29) is 6.42 Å². The minimum atomic E-state index is -4.40. The van der Waals surface area contributed by atoms with Gasteiger partial charge in [-0.05, 0) is 38.5 Å². The lowest BCUT2D eigenvalue weighted by Crippen LogP contribution is -2.50. The zero-order valence-electron chi connectivity index (χ0n) is 28.0. The molecule has 1 amide bonds. The fourth-order valence-electron chi connectivity index (χ4n) is 5.51. The molecule has 0 aliphatic carbocycles. The molecule has 3 atom stereocenters. The second-order valence-corrected chi connectivity index (χ2v) is 14.1. The van der Waals surface area contributed by atoms with Crippen molar-refractivity contribution in [3.05, 3.63) is 12.2 Å². The molecule has 0 aliphatic heterocycles. The average Bonchev–Trinajstić information content (AvgIpc) is 2.96. The number of aliphatic hydroxyl groups excluding tert-OH is 2. The molecule has 0 aromatic rings. The maximum Gasteiger partial charge on any atom is 0.266 e. The van der Waals surface area contributed by atoms with Crippen LogP contribution in [0.5, 0.6) is 0 Å². The molecule has 8 heteroatoms. The quantitative estimate of drug-likeness (QED) is 0.0334. The van der Waals surface area contributed by atoms with Gasteiger partial charge in [0.1, 0.15) is 6.10 Å². The predicted octanol–water partition coefficient (Wildman–Crippen LogP) is 8.82. The van der Waals surface area contributed by atoms with Crippen molar-refractivity contribution in [1.82, 2.24) is 5.32 Å². The standard InChI is InChI=1S/C35H69NO6S/c1-3-5-7-9-11-13-15-16-17-18-20-21-23-25-27-29-33(37)32(31-43(40,41)42)36-35(39)34(38)30-28-26-24-22-19-14-12-10-8-6-4-2/h12,14,32-34,37-38H,3-11,13,15-31H2,1-2H3,(H,36,39)(H,40,41,42)/b14-12-. The highest BCUT2D eigenvalue weighted by Gasteiger charge is 2.28. The zero-order valence-corrected chi connectivity index (χ0v) is 28.8. The predicted molar refractivity (Wildman–Crippen MR) is 181 cm³/mol. The normalized spacial score (nSPS) is 14.3. The van der Waals surface area contributed by atoms with Crippen LogP contribution in [0.3, 0.4) is 0 Å². The molecule has 4 N–H and O–H groups in total. The van der Waals surface area contributed by atoms with Crippen molar-refractivity contribution in [2.75, 3.05) is 5.75 Å². The summed E-state index contributed by atoms with van der Waals surface area (Å²) in [7, 11) is -4.40. The third kappa shape index (κ3) is 29.5. The van der Waals surface area contributed by atoms with Gasteiger partial charge in [-0.3, -0.25) is 9.35 Å². The van der Waals surface area contributed by atoms with Crippen LogP contribution in [-0.4, -0.2) is 53.1 Å². The van der Waals surface area contributed by atoms with Crippen molar-refractivity contribution in [1.29, 1.82) is 0 Å².